The summed E-state index contributed by atoms with van der Waals surface area (Å²) < 4.78 is 23.9. The van der Waals surface area contributed by atoms with Crippen molar-refractivity contribution < 1.29 is 13.5 Å². The molecule has 0 saturated carbocycles. The van der Waals surface area contributed by atoms with Crippen molar-refractivity contribution in [3.8, 4) is 11.1 Å². The molecule has 0 aliphatic carbocycles. The van der Waals surface area contributed by atoms with E-state index >= 15 is 0 Å². The quantitative estimate of drug-likeness (QED) is 0.945. The van der Waals surface area contributed by atoms with Crippen molar-refractivity contribution in [3.63, 3.8) is 0 Å². The van der Waals surface area contributed by atoms with Crippen LogP contribution in [0.5, 0.6) is 0 Å². The minimum Gasteiger partial charge on any atom is -0.386 e. The van der Waals surface area contributed by atoms with Crippen LogP contribution in [0.4, 0.5) is 0 Å². The van der Waals surface area contributed by atoms with Gasteiger partial charge in [0.25, 0.3) is 0 Å². The van der Waals surface area contributed by atoms with E-state index in [1.54, 1.807) is 26.0 Å². The molecule has 0 atom stereocenters. The number of rotatable bonds is 3. The van der Waals surface area contributed by atoms with Crippen molar-refractivity contribution in [2.75, 3.05) is 6.26 Å². The van der Waals surface area contributed by atoms with Crippen LogP contribution in [0, 0.1) is 0 Å². The van der Waals surface area contributed by atoms with E-state index in [1.807, 2.05) is 36.4 Å². The molecule has 3 nitrogen and oxygen atoms in total. The van der Waals surface area contributed by atoms with Crippen molar-refractivity contribution >= 4 is 9.84 Å². The molecule has 0 aliphatic rings. The van der Waals surface area contributed by atoms with E-state index in [0.717, 1.165) is 17.4 Å². The molecule has 4 heteroatoms. The molecule has 0 aromatic heterocycles. The van der Waals surface area contributed by atoms with Crippen LogP contribution in [-0.2, 0) is 15.4 Å². The zero-order valence-corrected chi connectivity index (χ0v) is 12.6. The molecular formula is C16H18O3S. The van der Waals surface area contributed by atoms with Gasteiger partial charge in [0.05, 0.1) is 10.5 Å². The van der Waals surface area contributed by atoms with E-state index in [1.165, 1.54) is 0 Å². The van der Waals surface area contributed by atoms with Gasteiger partial charge in [0.2, 0.25) is 0 Å². The second kappa shape index (κ2) is 5.04. The molecule has 2 aromatic rings. The molecule has 2 rings (SSSR count). The first-order chi connectivity index (χ1) is 9.19. The molecule has 0 bridgehead atoms. The number of aliphatic hydroxyl groups is 1. The van der Waals surface area contributed by atoms with E-state index in [0.29, 0.717) is 5.56 Å². The molecular weight excluding hydrogens is 272 g/mol. The fourth-order valence-electron chi connectivity index (χ4n) is 2.14. The second-order valence-electron chi connectivity index (χ2n) is 5.41. The lowest BCUT2D eigenvalue weighted by molar-refractivity contribution is 0.0755. The predicted octanol–water partition coefficient (Wildman–Crippen LogP) is 2.98. The Balaban J connectivity index is 2.68. The van der Waals surface area contributed by atoms with Crippen molar-refractivity contribution in [1.82, 2.24) is 0 Å². The van der Waals surface area contributed by atoms with Gasteiger partial charge in [0, 0.05) is 11.8 Å². The van der Waals surface area contributed by atoms with Gasteiger partial charge in [0.15, 0.2) is 9.84 Å². The Morgan fingerprint density at radius 1 is 0.950 bits per heavy atom. The molecule has 0 heterocycles. The SMILES string of the molecule is CC(C)(O)c1ccc(-c2ccccc2)cc1S(C)(=O)=O. The monoisotopic (exact) mass is 290 g/mol. The molecule has 2 aromatic carbocycles. The molecule has 0 radical (unpaired) electrons. The minimum atomic E-state index is -3.41. The summed E-state index contributed by atoms with van der Waals surface area (Å²) in [6.45, 7) is 3.17. The van der Waals surface area contributed by atoms with Crippen molar-refractivity contribution in [2.24, 2.45) is 0 Å². The van der Waals surface area contributed by atoms with E-state index < -0.39 is 15.4 Å². The van der Waals surface area contributed by atoms with Crippen LogP contribution in [0.1, 0.15) is 19.4 Å². The van der Waals surface area contributed by atoms with Crippen LogP contribution < -0.4 is 0 Å². The first-order valence-corrected chi connectivity index (χ1v) is 8.21. The van der Waals surface area contributed by atoms with Gasteiger partial charge in [-0.25, -0.2) is 8.42 Å². The highest BCUT2D eigenvalue weighted by Crippen LogP contribution is 2.31. The maximum absolute atomic E-state index is 12.0. The molecule has 0 unspecified atom stereocenters. The number of hydrogen-bond donors (Lipinski definition) is 1. The number of benzene rings is 2. The summed E-state index contributed by atoms with van der Waals surface area (Å²) in [6.07, 6.45) is 1.16. The summed E-state index contributed by atoms with van der Waals surface area (Å²) in [6, 6.07) is 14.7. The summed E-state index contributed by atoms with van der Waals surface area (Å²) in [7, 11) is -3.41. The fraction of sp³-hybridized carbons (Fsp3) is 0.250. The molecule has 0 saturated heterocycles. The number of hydrogen-bond acceptors (Lipinski definition) is 3. The minimum absolute atomic E-state index is 0.173. The molecule has 1 N–H and O–H groups in total. The highest BCUT2D eigenvalue weighted by Gasteiger charge is 2.25. The molecule has 0 aliphatic heterocycles. The highest BCUT2D eigenvalue weighted by molar-refractivity contribution is 7.90. The third kappa shape index (κ3) is 3.08. The maximum atomic E-state index is 12.0. The maximum Gasteiger partial charge on any atom is 0.175 e. The summed E-state index contributed by atoms with van der Waals surface area (Å²) in [5, 5.41) is 10.1. The summed E-state index contributed by atoms with van der Waals surface area (Å²) in [4.78, 5) is 0.173. The first-order valence-electron chi connectivity index (χ1n) is 6.32. The third-order valence-electron chi connectivity index (χ3n) is 3.15. The van der Waals surface area contributed by atoms with E-state index in [2.05, 4.69) is 0 Å². The Morgan fingerprint density at radius 2 is 1.55 bits per heavy atom. The van der Waals surface area contributed by atoms with Crippen LogP contribution in [0.15, 0.2) is 53.4 Å². The lowest BCUT2D eigenvalue weighted by Crippen LogP contribution is -2.19. The fourth-order valence-corrected chi connectivity index (χ4v) is 3.20. The van der Waals surface area contributed by atoms with Crippen LogP contribution in [-0.4, -0.2) is 19.8 Å². The molecule has 0 spiro atoms. The van der Waals surface area contributed by atoms with Gasteiger partial charge in [0.1, 0.15) is 0 Å². The Kier molecular flexibility index (Phi) is 3.71. The third-order valence-corrected chi connectivity index (χ3v) is 4.28. The zero-order valence-electron chi connectivity index (χ0n) is 11.8. The van der Waals surface area contributed by atoms with Crippen LogP contribution in [0.2, 0.25) is 0 Å². The Morgan fingerprint density at radius 3 is 2.05 bits per heavy atom. The molecule has 106 valence electrons. The lowest BCUT2D eigenvalue weighted by Gasteiger charge is -2.21. The topological polar surface area (TPSA) is 54.4 Å². The van der Waals surface area contributed by atoms with Crippen molar-refractivity contribution in [2.45, 2.75) is 24.3 Å². The average molecular weight is 290 g/mol. The van der Waals surface area contributed by atoms with E-state index in [-0.39, 0.29) is 4.90 Å². The van der Waals surface area contributed by atoms with Gasteiger partial charge < -0.3 is 5.11 Å². The van der Waals surface area contributed by atoms with Gasteiger partial charge in [-0.1, -0.05) is 42.5 Å². The van der Waals surface area contributed by atoms with Gasteiger partial charge in [-0.05, 0) is 31.0 Å². The number of sulfone groups is 1. The second-order valence-corrected chi connectivity index (χ2v) is 7.39. The lowest BCUT2D eigenvalue weighted by atomic mass is 9.95. The van der Waals surface area contributed by atoms with Crippen LogP contribution in [0.25, 0.3) is 11.1 Å². The molecule has 20 heavy (non-hydrogen) atoms. The Hall–Kier alpha value is -1.65. The predicted molar refractivity (Wildman–Crippen MR) is 80.2 cm³/mol. The van der Waals surface area contributed by atoms with Crippen molar-refractivity contribution in [3.05, 3.63) is 54.1 Å². The van der Waals surface area contributed by atoms with Gasteiger partial charge in [-0.3, -0.25) is 0 Å². The van der Waals surface area contributed by atoms with Gasteiger partial charge in [-0.2, -0.15) is 0 Å². The Labute approximate surface area is 119 Å². The summed E-state index contributed by atoms with van der Waals surface area (Å²) in [5.41, 5.74) is 0.978. The van der Waals surface area contributed by atoms with E-state index in [9.17, 15) is 13.5 Å². The average Bonchev–Trinajstić information content (AvgIpc) is 2.37. The largest absolute Gasteiger partial charge is 0.386 e. The van der Waals surface area contributed by atoms with Crippen molar-refractivity contribution in [1.29, 1.82) is 0 Å². The van der Waals surface area contributed by atoms with Gasteiger partial charge in [-0.15, -0.1) is 0 Å². The van der Waals surface area contributed by atoms with Crippen LogP contribution >= 0.6 is 0 Å². The molecule has 0 amide bonds. The van der Waals surface area contributed by atoms with E-state index in [4.69, 9.17) is 0 Å². The first kappa shape index (κ1) is 14.8. The smallest absolute Gasteiger partial charge is 0.175 e. The summed E-state index contributed by atoms with van der Waals surface area (Å²) >= 11 is 0. The summed E-state index contributed by atoms with van der Waals surface area (Å²) in [5.74, 6) is 0. The standard InChI is InChI=1S/C16H18O3S/c1-16(2,17)14-10-9-13(11-15(14)20(3,18)19)12-7-5-4-6-8-12/h4-11,17H,1-3H3. The Bertz CT molecular complexity index is 711. The molecule has 0 fully saturated rings. The van der Waals surface area contributed by atoms with Crippen LogP contribution in [0.3, 0.4) is 0 Å². The zero-order chi connectivity index (χ0) is 15.0. The van der Waals surface area contributed by atoms with Gasteiger partial charge >= 0.3 is 0 Å². The normalized spacial score (nSPS) is 12.4. The highest BCUT2D eigenvalue weighted by atomic mass is 32.2.